The van der Waals surface area contributed by atoms with E-state index in [1.807, 2.05) is 0 Å². The van der Waals surface area contributed by atoms with Crippen molar-refractivity contribution >= 4 is 50.3 Å². The van der Waals surface area contributed by atoms with Gasteiger partial charge in [-0.05, 0) is 36.8 Å². The zero-order valence-corrected chi connectivity index (χ0v) is 13.4. The lowest BCUT2D eigenvalue weighted by Gasteiger charge is -2.15. The molecule has 21 heavy (non-hydrogen) atoms. The van der Waals surface area contributed by atoms with Crippen molar-refractivity contribution in [3.63, 3.8) is 0 Å². The molecule has 0 aliphatic heterocycles. The average Bonchev–Trinajstić information content (AvgIpc) is 2.37. The molecule has 8 heteroatoms. The van der Waals surface area contributed by atoms with Crippen molar-refractivity contribution in [2.75, 3.05) is 11.1 Å². The van der Waals surface area contributed by atoms with Gasteiger partial charge < -0.3 is 11.1 Å². The number of rotatable bonds is 3. The third-order valence-corrected chi connectivity index (χ3v) is 4.77. The van der Waals surface area contributed by atoms with Gasteiger partial charge in [-0.25, -0.2) is 13.6 Å². The molecule has 0 saturated heterocycles. The van der Waals surface area contributed by atoms with Gasteiger partial charge >= 0.3 is 0 Å². The highest BCUT2D eigenvalue weighted by Gasteiger charge is 2.16. The summed E-state index contributed by atoms with van der Waals surface area (Å²) in [5, 5.41) is 8.92. The van der Waals surface area contributed by atoms with Crippen molar-refractivity contribution in [2.45, 2.75) is 11.8 Å². The monoisotopic (exact) mass is 345 g/mol. The molecule has 0 fully saturated rings. The Morgan fingerprint density at radius 3 is 2.43 bits per heavy atom. The number of anilines is 3. The lowest BCUT2D eigenvalue weighted by atomic mass is 10.1. The molecule has 0 unspecified atom stereocenters. The van der Waals surface area contributed by atoms with Crippen LogP contribution in [0.5, 0.6) is 0 Å². The molecule has 5 N–H and O–H groups in total. The van der Waals surface area contributed by atoms with E-state index in [1.54, 1.807) is 31.2 Å². The summed E-state index contributed by atoms with van der Waals surface area (Å²) < 4.78 is 23.2. The highest BCUT2D eigenvalue weighted by molar-refractivity contribution is 7.89. The molecular weight excluding hydrogens is 333 g/mol. The van der Waals surface area contributed by atoms with Crippen LogP contribution in [0.2, 0.25) is 10.0 Å². The Kier molecular flexibility index (Phi) is 4.34. The summed E-state index contributed by atoms with van der Waals surface area (Å²) >= 11 is 12.0. The lowest BCUT2D eigenvalue weighted by molar-refractivity contribution is 0.597. The standard InChI is InChI=1S/C13H13Cl2N3O2S/c1-7-11(5-8(16)6-12(7)21(17,19)20)18-10-4-2-3-9(14)13(10)15/h2-6,18H,16H2,1H3,(H2,17,19,20). The maximum atomic E-state index is 11.6. The molecule has 0 aromatic heterocycles. The molecule has 2 rings (SSSR count). The van der Waals surface area contributed by atoms with Gasteiger partial charge in [-0.3, -0.25) is 0 Å². The van der Waals surface area contributed by atoms with Gasteiger partial charge in [0.2, 0.25) is 10.0 Å². The SMILES string of the molecule is Cc1c(Nc2cccc(Cl)c2Cl)cc(N)cc1S(N)(=O)=O. The predicted molar refractivity (Wildman–Crippen MR) is 86.7 cm³/mol. The Morgan fingerprint density at radius 1 is 1.14 bits per heavy atom. The average molecular weight is 346 g/mol. The first kappa shape index (κ1) is 15.9. The number of hydrogen-bond donors (Lipinski definition) is 3. The van der Waals surface area contributed by atoms with Crippen LogP contribution in [0, 0.1) is 6.92 Å². The van der Waals surface area contributed by atoms with Crippen molar-refractivity contribution in [1.29, 1.82) is 0 Å². The Balaban J connectivity index is 2.55. The van der Waals surface area contributed by atoms with E-state index in [9.17, 15) is 8.42 Å². The second-order valence-electron chi connectivity index (χ2n) is 4.46. The van der Waals surface area contributed by atoms with E-state index >= 15 is 0 Å². The first-order valence-electron chi connectivity index (χ1n) is 5.84. The molecule has 0 bridgehead atoms. The Labute approximate surface area is 132 Å². The molecule has 0 heterocycles. The van der Waals surface area contributed by atoms with Crippen molar-refractivity contribution < 1.29 is 8.42 Å². The minimum absolute atomic E-state index is 0.0387. The van der Waals surface area contributed by atoms with E-state index < -0.39 is 10.0 Å². The highest BCUT2D eigenvalue weighted by atomic mass is 35.5. The fourth-order valence-corrected chi connectivity index (χ4v) is 3.06. The number of hydrogen-bond acceptors (Lipinski definition) is 4. The summed E-state index contributed by atoms with van der Waals surface area (Å²) in [6, 6.07) is 8.00. The maximum Gasteiger partial charge on any atom is 0.238 e. The predicted octanol–water partition coefficient (Wildman–Crippen LogP) is 3.28. The maximum absolute atomic E-state index is 11.6. The van der Waals surface area contributed by atoms with Crippen LogP contribution in [0.25, 0.3) is 0 Å². The Bertz CT molecular complexity index is 807. The minimum Gasteiger partial charge on any atom is -0.399 e. The largest absolute Gasteiger partial charge is 0.399 e. The number of nitrogens with one attached hydrogen (secondary N) is 1. The fraction of sp³-hybridized carbons (Fsp3) is 0.0769. The van der Waals surface area contributed by atoms with Crippen LogP contribution in [-0.4, -0.2) is 8.42 Å². The van der Waals surface area contributed by atoms with E-state index in [4.69, 9.17) is 34.1 Å². The molecule has 0 atom stereocenters. The molecule has 2 aromatic carbocycles. The lowest BCUT2D eigenvalue weighted by Crippen LogP contribution is -2.15. The number of halogens is 2. The zero-order chi connectivity index (χ0) is 15.8. The summed E-state index contributed by atoms with van der Waals surface area (Å²) in [5.41, 5.74) is 7.47. The van der Waals surface area contributed by atoms with Gasteiger partial charge in [-0.15, -0.1) is 0 Å². The van der Waals surface area contributed by atoms with Crippen molar-refractivity contribution in [1.82, 2.24) is 0 Å². The van der Waals surface area contributed by atoms with E-state index in [2.05, 4.69) is 5.32 Å². The number of nitrogens with two attached hydrogens (primary N) is 2. The number of nitrogen functional groups attached to an aromatic ring is 1. The molecule has 0 amide bonds. The number of sulfonamides is 1. The molecule has 0 radical (unpaired) electrons. The van der Waals surface area contributed by atoms with Crippen molar-refractivity contribution in [3.8, 4) is 0 Å². The summed E-state index contributed by atoms with van der Waals surface area (Å²) in [6.07, 6.45) is 0. The molecule has 2 aromatic rings. The van der Waals surface area contributed by atoms with Gasteiger partial charge in [0, 0.05) is 11.4 Å². The topological polar surface area (TPSA) is 98.2 Å². The summed E-state index contributed by atoms with van der Waals surface area (Å²) in [7, 11) is -3.87. The quantitative estimate of drug-likeness (QED) is 0.743. The number of benzene rings is 2. The fourth-order valence-electron chi connectivity index (χ4n) is 1.88. The normalized spacial score (nSPS) is 11.4. The molecule has 0 aliphatic carbocycles. The Morgan fingerprint density at radius 2 is 1.81 bits per heavy atom. The van der Waals surface area contributed by atoms with Crippen LogP contribution >= 0.6 is 23.2 Å². The summed E-state index contributed by atoms with van der Waals surface area (Å²) in [5.74, 6) is 0. The van der Waals surface area contributed by atoms with Crippen LogP contribution in [0.4, 0.5) is 17.1 Å². The van der Waals surface area contributed by atoms with Gasteiger partial charge in [0.1, 0.15) is 0 Å². The van der Waals surface area contributed by atoms with Crippen molar-refractivity contribution in [3.05, 3.63) is 45.9 Å². The molecule has 0 aliphatic rings. The van der Waals surface area contributed by atoms with E-state index in [0.29, 0.717) is 27.0 Å². The first-order chi connectivity index (χ1) is 9.70. The zero-order valence-electron chi connectivity index (χ0n) is 11.0. The second kappa shape index (κ2) is 5.73. The molecule has 0 saturated carbocycles. The van der Waals surface area contributed by atoms with E-state index in [1.165, 1.54) is 6.07 Å². The highest BCUT2D eigenvalue weighted by Crippen LogP contribution is 2.34. The van der Waals surface area contributed by atoms with Gasteiger partial charge in [-0.1, -0.05) is 29.3 Å². The molecule has 112 valence electrons. The second-order valence-corrected chi connectivity index (χ2v) is 6.78. The molecule has 5 nitrogen and oxygen atoms in total. The summed E-state index contributed by atoms with van der Waals surface area (Å²) in [6.45, 7) is 1.62. The first-order valence-corrected chi connectivity index (χ1v) is 8.14. The number of primary sulfonamides is 1. The molecule has 0 spiro atoms. The van der Waals surface area contributed by atoms with Gasteiger partial charge in [0.25, 0.3) is 0 Å². The van der Waals surface area contributed by atoms with E-state index in [-0.39, 0.29) is 10.6 Å². The third-order valence-electron chi connectivity index (χ3n) is 2.91. The van der Waals surface area contributed by atoms with E-state index in [0.717, 1.165) is 0 Å². The van der Waals surface area contributed by atoms with Crippen LogP contribution < -0.4 is 16.2 Å². The third kappa shape index (κ3) is 3.41. The smallest absolute Gasteiger partial charge is 0.238 e. The van der Waals surface area contributed by atoms with Crippen LogP contribution in [0.1, 0.15) is 5.56 Å². The van der Waals surface area contributed by atoms with Gasteiger partial charge in [-0.2, -0.15) is 0 Å². The Hall–Kier alpha value is -1.47. The van der Waals surface area contributed by atoms with Crippen molar-refractivity contribution in [2.24, 2.45) is 5.14 Å². The summed E-state index contributed by atoms with van der Waals surface area (Å²) in [4.78, 5) is -0.0387. The van der Waals surface area contributed by atoms with Crippen LogP contribution in [0.15, 0.2) is 35.2 Å². The molecular formula is C13H13Cl2N3O2S. The van der Waals surface area contributed by atoms with Crippen LogP contribution in [-0.2, 0) is 10.0 Å². The minimum atomic E-state index is -3.87. The van der Waals surface area contributed by atoms with Gasteiger partial charge in [0.05, 0.1) is 20.6 Å². The van der Waals surface area contributed by atoms with Crippen LogP contribution in [0.3, 0.4) is 0 Å². The van der Waals surface area contributed by atoms with Gasteiger partial charge in [0.15, 0.2) is 0 Å².